The van der Waals surface area contributed by atoms with Crippen molar-refractivity contribution in [1.82, 2.24) is 14.9 Å². The van der Waals surface area contributed by atoms with Gasteiger partial charge in [-0.1, -0.05) is 140 Å². The minimum Gasteiger partial charge on any atom is -0.348 e. The summed E-state index contributed by atoms with van der Waals surface area (Å²) in [5, 5.41) is 0. The van der Waals surface area contributed by atoms with Gasteiger partial charge in [-0.2, -0.15) is 0 Å². The smallest absolute Gasteiger partial charge is 0.169 e. The molecule has 2 fully saturated rings. The van der Waals surface area contributed by atoms with Crippen molar-refractivity contribution in [3.8, 4) is 0 Å². The van der Waals surface area contributed by atoms with E-state index in [1.807, 2.05) is 6.20 Å². The standard InChI is InChI=1S/C46H79N3O2/c1-3-5-7-9-11-13-15-17-19-21-23-25-27-29-31-33-36-46(50-44-40-49(41-45(44)51-46)38-35-43-39-47-42-48-43)37-34-32-30-28-26-24-22-20-18-16-14-12-10-8-6-4-2/h11-14,17-20,39,42,44-45H,3-10,15-16,21-38,40-41H2,1-2H3,(H,47,48)/b13-11-,14-12-,19-17-,20-18-/t44-,45+. The van der Waals surface area contributed by atoms with Crippen LogP contribution in [0, 0.1) is 0 Å². The molecule has 0 bridgehead atoms. The average molecular weight is 706 g/mol. The first kappa shape index (κ1) is 43.5. The third kappa shape index (κ3) is 20.8. The number of imidazole rings is 1. The van der Waals surface area contributed by atoms with Crippen LogP contribution in [0.15, 0.2) is 61.1 Å². The van der Waals surface area contributed by atoms with Crippen molar-refractivity contribution in [3.63, 3.8) is 0 Å². The van der Waals surface area contributed by atoms with Gasteiger partial charge < -0.3 is 14.5 Å². The summed E-state index contributed by atoms with van der Waals surface area (Å²) in [7, 11) is 0. The van der Waals surface area contributed by atoms with Gasteiger partial charge in [-0.25, -0.2) is 4.98 Å². The Labute approximate surface area is 315 Å². The summed E-state index contributed by atoms with van der Waals surface area (Å²) in [6, 6.07) is 0. The molecule has 2 aliphatic heterocycles. The van der Waals surface area contributed by atoms with Gasteiger partial charge in [0.25, 0.3) is 0 Å². The van der Waals surface area contributed by atoms with Crippen molar-refractivity contribution in [2.45, 2.75) is 205 Å². The lowest BCUT2D eigenvalue weighted by atomic mass is 9.98. The average Bonchev–Trinajstić information content (AvgIpc) is 3.87. The normalized spacial score (nSPS) is 19.3. The summed E-state index contributed by atoms with van der Waals surface area (Å²) >= 11 is 0. The van der Waals surface area contributed by atoms with E-state index in [2.05, 4.69) is 77.3 Å². The van der Waals surface area contributed by atoms with Gasteiger partial charge in [0.2, 0.25) is 0 Å². The summed E-state index contributed by atoms with van der Waals surface area (Å²) in [6.07, 6.45) is 57.0. The lowest BCUT2D eigenvalue weighted by molar-refractivity contribution is -0.193. The second-order valence-corrected chi connectivity index (χ2v) is 15.5. The second kappa shape index (κ2) is 29.5. The predicted octanol–water partition coefficient (Wildman–Crippen LogP) is 13.2. The molecule has 1 aromatic rings. The Hall–Kier alpha value is -1.95. The lowest BCUT2D eigenvalue weighted by Crippen LogP contribution is -2.36. The van der Waals surface area contributed by atoms with Crippen molar-refractivity contribution >= 4 is 0 Å². The molecule has 0 saturated carbocycles. The molecule has 2 saturated heterocycles. The highest BCUT2D eigenvalue weighted by Gasteiger charge is 2.50. The maximum Gasteiger partial charge on any atom is 0.169 e. The number of likely N-dealkylation sites (tertiary alicyclic amines) is 1. The molecule has 0 spiro atoms. The van der Waals surface area contributed by atoms with Gasteiger partial charge in [0, 0.05) is 50.8 Å². The molecule has 0 aliphatic carbocycles. The van der Waals surface area contributed by atoms with Crippen LogP contribution in [0.2, 0.25) is 0 Å². The molecule has 3 rings (SSSR count). The summed E-state index contributed by atoms with van der Waals surface area (Å²) in [5.41, 5.74) is 1.21. The maximum absolute atomic E-state index is 6.88. The van der Waals surface area contributed by atoms with E-state index in [1.165, 1.54) is 147 Å². The van der Waals surface area contributed by atoms with Crippen molar-refractivity contribution in [2.24, 2.45) is 0 Å². The van der Waals surface area contributed by atoms with Gasteiger partial charge in [0.1, 0.15) is 12.2 Å². The molecule has 51 heavy (non-hydrogen) atoms. The van der Waals surface area contributed by atoms with Crippen LogP contribution in [-0.4, -0.2) is 52.5 Å². The topological polar surface area (TPSA) is 50.4 Å². The molecule has 290 valence electrons. The first-order valence-corrected chi connectivity index (χ1v) is 21.9. The fourth-order valence-electron chi connectivity index (χ4n) is 7.63. The molecule has 0 amide bonds. The number of nitrogens with one attached hydrogen (secondary N) is 1. The molecule has 2 aliphatic rings. The fraction of sp³-hybridized carbons (Fsp3) is 0.761. The molecular weight excluding hydrogens is 627 g/mol. The number of aromatic amines is 1. The Morgan fingerprint density at radius 2 is 1.04 bits per heavy atom. The SMILES string of the molecule is CCCCC/C=C\C/C=C\CCCCCCCCC1(CCCCCCCC/C=C\C/C=C\CCCCC)O[C@H]2CN(CCc3cnc[nH]3)C[C@H]2O1. The van der Waals surface area contributed by atoms with E-state index in [0.717, 1.165) is 51.7 Å². The van der Waals surface area contributed by atoms with Crippen LogP contribution in [0.3, 0.4) is 0 Å². The molecule has 0 unspecified atom stereocenters. The number of rotatable bonds is 33. The number of fused-ring (bicyclic) bond motifs is 1. The van der Waals surface area contributed by atoms with Crippen LogP contribution < -0.4 is 0 Å². The molecule has 1 N–H and O–H groups in total. The highest BCUT2D eigenvalue weighted by atomic mass is 16.8. The van der Waals surface area contributed by atoms with Gasteiger partial charge in [-0.3, -0.25) is 4.90 Å². The summed E-state index contributed by atoms with van der Waals surface area (Å²) in [5.74, 6) is -0.352. The van der Waals surface area contributed by atoms with E-state index in [-0.39, 0.29) is 18.0 Å². The summed E-state index contributed by atoms with van der Waals surface area (Å²) < 4.78 is 13.8. The van der Waals surface area contributed by atoms with Gasteiger partial charge in [0.15, 0.2) is 5.79 Å². The minimum atomic E-state index is -0.352. The van der Waals surface area contributed by atoms with Gasteiger partial charge >= 0.3 is 0 Å². The third-order valence-corrected chi connectivity index (χ3v) is 10.8. The highest BCUT2D eigenvalue weighted by molar-refractivity contribution is 4.99. The Morgan fingerprint density at radius 1 is 0.608 bits per heavy atom. The van der Waals surface area contributed by atoms with E-state index in [9.17, 15) is 0 Å². The van der Waals surface area contributed by atoms with Gasteiger partial charge in [0.05, 0.1) is 6.33 Å². The number of allylic oxidation sites excluding steroid dienone is 8. The van der Waals surface area contributed by atoms with Crippen molar-refractivity contribution < 1.29 is 9.47 Å². The van der Waals surface area contributed by atoms with Crippen LogP contribution in [-0.2, 0) is 15.9 Å². The van der Waals surface area contributed by atoms with Crippen LogP contribution >= 0.6 is 0 Å². The molecule has 1 aromatic heterocycles. The molecule has 2 atom stereocenters. The zero-order chi connectivity index (χ0) is 35.9. The Morgan fingerprint density at radius 3 is 1.47 bits per heavy atom. The van der Waals surface area contributed by atoms with Crippen LogP contribution in [0.25, 0.3) is 0 Å². The van der Waals surface area contributed by atoms with E-state index in [0.29, 0.717) is 0 Å². The molecule has 5 nitrogen and oxygen atoms in total. The maximum atomic E-state index is 6.88. The molecular formula is C46H79N3O2. The minimum absolute atomic E-state index is 0.223. The van der Waals surface area contributed by atoms with Gasteiger partial charge in [-0.05, 0) is 77.0 Å². The first-order chi connectivity index (χ1) is 25.2. The van der Waals surface area contributed by atoms with Crippen molar-refractivity contribution in [3.05, 3.63) is 66.8 Å². The third-order valence-electron chi connectivity index (χ3n) is 10.8. The van der Waals surface area contributed by atoms with E-state index >= 15 is 0 Å². The number of hydrogen-bond donors (Lipinski definition) is 1. The Bertz CT molecular complexity index is 981. The zero-order valence-electron chi connectivity index (χ0n) is 33.4. The molecule has 3 heterocycles. The van der Waals surface area contributed by atoms with Crippen LogP contribution in [0.4, 0.5) is 0 Å². The number of unbranched alkanes of at least 4 members (excludes halogenated alkanes) is 18. The number of H-pyrrole nitrogens is 1. The Kier molecular flexibility index (Phi) is 25.1. The summed E-state index contributed by atoms with van der Waals surface area (Å²) in [6.45, 7) is 7.56. The van der Waals surface area contributed by atoms with E-state index in [4.69, 9.17) is 9.47 Å². The number of aromatic nitrogens is 2. The van der Waals surface area contributed by atoms with E-state index in [1.54, 1.807) is 6.33 Å². The number of ether oxygens (including phenoxy) is 2. The van der Waals surface area contributed by atoms with E-state index < -0.39 is 0 Å². The number of hydrogen-bond acceptors (Lipinski definition) is 4. The van der Waals surface area contributed by atoms with Gasteiger partial charge in [-0.15, -0.1) is 0 Å². The lowest BCUT2D eigenvalue weighted by Gasteiger charge is -2.31. The quantitative estimate of drug-likeness (QED) is 0.0584. The molecule has 5 heteroatoms. The number of nitrogens with zero attached hydrogens (tertiary/aromatic N) is 2. The summed E-state index contributed by atoms with van der Waals surface area (Å²) in [4.78, 5) is 9.93. The van der Waals surface area contributed by atoms with Crippen molar-refractivity contribution in [1.29, 1.82) is 0 Å². The molecule has 0 aromatic carbocycles. The highest BCUT2D eigenvalue weighted by Crippen LogP contribution is 2.40. The monoisotopic (exact) mass is 706 g/mol. The predicted molar refractivity (Wildman–Crippen MR) is 219 cm³/mol. The Balaban J connectivity index is 1.27. The first-order valence-electron chi connectivity index (χ1n) is 21.9. The fourth-order valence-corrected chi connectivity index (χ4v) is 7.63. The van der Waals surface area contributed by atoms with Crippen LogP contribution in [0.5, 0.6) is 0 Å². The molecule has 0 radical (unpaired) electrons. The zero-order valence-corrected chi connectivity index (χ0v) is 33.4. The van der Waals surface area contributed by atoms with Crippen molar-refractivity contribution in [2.75, 3.05) is 19.6 Å². The largest absolute Gasteiger partial charge is 0.348 e. The van der Waals surface area contributed by atoms with Crippen LogP contribution in [0.1, 0.15) is 186 Å². The second-order valence-electron chi connectivity index (χ2n) is 15.5.